The Kier molecular flexibility index (Phi) is 2.06. The first kappa shape index (κ1) is 9.33. The molecule has 82 valence electrons. The van der Waals surface area contributed by atoms with Crippen LogP contribution in [-0.4, -0.2) is 21.3 Å². The summed E-state index contributed by atoms with van der Waals surface area (Å²) < 4.78 is 2.32. The summed E-state index contributed by atoms with van der Waals surface area (Å²) in [5.41, 5.74) is 0. The van der Waals surface area contributed by atoms with E-state index in [-0.39, 0.29) is 0 Å². The first-order chi connectivity index (χ1) is 7.27. The fourth-order valence-electron chi connectivity index (χ4n) is 2.44. The Morgan fingerprint density at radius 3 is 2.80 bits per heavy atom. The van der Waals surface area contributed by atoms with Crippen LogP contribution in [0.4, 0.5) is 0 Å². The summed E-state index contributed by atoms with van der Waals surface area (Å²) in [6.45, 7) is 6.46. The highest BCUT2D eigenvalue weighted by Gasteiger charge is 2.37. The van der Waals surface area contributed by atoms with Gasteiger partial charge in [0.25, 0.3) is 0 Å². The topological polar surface area (TPSA) is 42.7 Å². The molecule has 15 heavy (non-hydrogen) atoms. The van der Waals surface area contributed by atoms with Crippen LogP contribution < -0.4 is 5.32 Å². The van der Waals surface area contributed by atoms with Gasteiger partial charge in [-0.1, -0.05) is 13.8 Å². The van der Waals surface area contributed by atoms with E-state index in [0.29, 0.717) is 12.0 Å². The normalized spacial score (nSPS) is 25.7. The lowest BCUT2D eigenvalue weighted by Crippen LogP contribution is -2.35. The molecule has 4 heteroatoms. The maximum atomic E-state index is 4.37. The van der Waals surface area contributed by atoms with Gasteiger partial charge in [0.05, 0.1) is 6.04 Å². The molecular formula is C11H18N4. The van der Waals surface area contributed by atoms with Gasteiger partial charge in [0.1, 0.15) is 5.82 Å². The van der Waals surface area contributed by atoms with Crippen LogP contribution >= 0.6 is 0 Å². The average Bonchev–Trinajstić information content (AvgIpc) is 2.96. The molecule has 3 rings (SSSR count). The van der Waals surface area contributed by atoms with Crippen molar-refractivity contribution in [2.75, 3.05) is 6.54 Å². The smallest absolute Gasteiger partial charge is 0.150 e. The van der Waals surface area contributed by atoms with Gasteiger partial charge >= 0.3 is 0 Å². The molecule has 0 saturated heterocycles. The fourth-order valence-corrected chi connectivity index (χ4v) is 2.44. The number of rotatable bonds is 2. The molecule has 1 N–H and O–H groups in total. The van der Waals surface area contributed by atoms with Gasteiger partial charge in [-0.25, -0.2) is 0 Å². The third-order valence-corrected chi connectivity index (χ3v) is 3.40. The van der Waals surface area contributed by atoms with Crippen LogP contribution in [0, 0.1) is 5.92 Å². The highest BCUT2D eigenvalue weighted by atomic mass is 15.3. The Morgan fingerprint density at radius 1 is 1.33 bits per heavy atom. The number of hydrogen-bond donors (Lipinski definition) is 1. The van der Waals surface area contributed by atoms with Gasteiger partial charge < -0.3 is 9.88 Å². The van der Waals surface area contributed by atoms with Gasteiger partial charge in [0, 0.05) is 19.0 Å². The molecular weight excluding hydrogens is 188 g/mol. The van der Waals surface area contributed by atoms with Gasteiger partial charge in [-0.05, 0) is 18.8 Å². The third-order valence-electron chi connectivity index (χ3n) is 3.40. The van der Waals surface area contributed by atoms with Crippen molar-refractivity contribution in [3.63, 3.8) is 0 Å². The number of fused-ring (bicyclic) bond motifs is 1. The zero-order chi connectivity index (χ0) is 10.4. The van der Waals surface area contributed by atoms with Gasteiger partial charge in [0.2, 0.25) is 0 Å². The lowest BCUT2D eigenvalue weighted by molar-refractivity contribution is 0.375. The van der Waals surface area contributed by atoms with E-state index in [1.807, 2.05) is 0 Å². The van der Waals surface area contributed by atoms with Crippen molar-refractivity contribution in [3.05, 3.63) is 11.6 Å². The van der Waals surface area contributed by atoms with Crippen LogP contribution in [0.3, 0.4) is 0 Å². The number of hydrogen-bond acceptors (Lipinski definition) is 3. The highest BCUT2D eigenvalue weighted by molar-refractivity contribution is 5.10. The van der Waals surface area contributed by atoms with Gasteiger partial charge in [-0.3, -0.25) is 0 Å². The third kappa shape index (κ3) is 1.47. The van der Waals surface area contributed by atoms with E-state index in [1.54, 1.807) is 0 Å². The minimum atomic E-state index is 0.471. The first-order valence-electron chi connectivity index (χ1n) is 5.93. The fraction of sp³-hybridized carbons (Fsp3) is 0.818. The maximum Gasteiger partial charge on any atom is 0.150 e. The zero-order valence-corrected chi connectivity index (χ0v) is 9.40. The minimum Gasteiger partial charge on any atom is -0.312 e. The first-order valence-corrected chi connectivity index (χ1v) is 5.93. The largest absolute Gasteiger partial charge is 0.312 e. The lowest BCUT2D eigenvalue weighted by atomic mass is 10.1. The Bertz CT molecular complexity index is 365. The van der Waals surface area contributed by atoms with E-state index >= 15 is 0 Å². The second-order valence-electron chi connectivity index (χ2n) is 4.99. The summed E-state index contributed by atoms with van der Waals surface area (Å²) >= 11 is 0. The molecule has 0 amide bonds. The average molecular weight is 206 g/mol. The van der Waals surface area contributed by atoms with Crippen LogP contribution in [0.15, 0.2) is 0 Å². The number of nitrogens with one attached hydrogen (secondary N) is 1. The van der Waals surface area contributed by atoms with Crippen molar-refractivity contribution in [3.8, 4) is 0 Å². The van der Waals surface area contributed by atoms with Crippen LogP contribution in [0.1, 0.15) is 50.3 Å². The highest BCUT2D eigenvalue weighted by Crippen LogP contribution is 2.41. The monoisotopic (exact) mass is 206 g/mol. The van der Waals surface area contributed by atoms with Crippen molar-refractivity contribution in [2.45, 2.75) is 45.2 Å². The van der Waals surface area contributed by atoms with Gasteiger partial charge in [-0.2, -0.15) is 0 Å². The molecule has 1 aromatic heterocycles. The molecule has 1 fully saturated rings. The summed E-state index contributed by atoms with van der Waals surface area (Å²) in [6.07, 6.45) is 2.70. The number of nitrogens with zero attached hydrogens (tertiary/aromatic N) is 3. The van der Waals surface area contributed by atoms with E-state index in [1.165, 1.54) is 18.7 Å². The van der Waals surface area contributed by atoms with Crippen LogP contribution in [0.5, 0.6) is 0 Å². The molecule has 0 aromatic carbocycles. The summed E-state index contributed by atoms with van der Waals surface area (Å²) in [5.74, 6) is 3.61. The predicted octanol–water partition coefficient (Wildman–Crippen LogP) is 1.46. The molecule has 0 bridgehead atoms. The minimum absolute atomic E-state index is 0.471. The van der Waals surface area contributed by atoms with Crippen molar-refractivity contribution in [1.29, 1.82) is 0 Å². The van der Waals surface area contributed by atoms with Gasteiger partial charge in [0.15, 0.2) is 5.82 Å². The maximum absolute atomic E-state index is 4.37. The summed E-state index contributed by atoms with van der Waals surface area (Å²) in [5, 5.41) is 12.3. The Hall–Kier alpha value is -0.900. The van der Waals surface area contributed by atoms with E-state index < -0.39 is 0 Å². The Balaban J connectivity index is 1.98. The van der Waals surface area contributed by atoms with Crippen molar-refractivity contribution >= 4 is 0 Å². The van der Waals surface area contributed by atoms with E-state index in [9.17, 15) is 0 Å². The molecule has 0 spiro atoms. The molecule has 0 radical (unpaired) electrons. The van der Waals surface area contributed by atoms with Crippen molar-refractivity contribution in [2.24, 2.45) is 5.92 Å². The second-order valence-corrected chi connectivity index (χ2v) is 4.99. The van der Waals surface area contributed by atoms with Crippen molar-refractivity contribution in [1.82, 2.24) is 20.1 Å². The predicted molar refractivity (Wildman–Crippen MR) is 57.6 cm³/mol. The Labute approximate surface area is 90.1 Å². The SMILES string of the molecule is CC(C)c1nnc2n1CCNC2C1CC1. The zero-order valence-electron chi connectivity index (χ0n) is 9.40. The molecule has 1 atom stereocenters. The molecule has 1 unspecified atom stereocenters. The van der Waals surface area contributed by atoms with Gasteiger partial charge in [-0.15, -0.1) is 10.2 Å². The van der Waals surface area contributed by atoms with Crippen LogP contribution in [-0.2, 0) is 6.54 Å². The lowest BCUT2D eigenvalue weighted by Gasteiger charge is -2.25. The molecule has 1 aliphatic heterocycles. The molecule has 1 saturated carbocycles. The molecule has 4 nitrogen and oxygen atoms in total. The molecule has 2 heterocycles. The van der Waals surface area contributed by atoms with Crippen molar-refractivity contribution < 1.29 is 0 Å². The standard InChI is InChI=1S/C11H18N4/c1-7(2)10-13-14-11-9(8-3-4-8)12-5-6-15(10)11/h7-9,12H,3-6H2,1-2H3. The summed E-state index contributed by atoms with van der Waals surface area (Å²) in [6, 6.07) is 0.471. The summed E-state index contributed by atoms with van der Waals surface area (Å²) in [4.78, 5) is 0. The van der Waals surface area contributed by atoms with E-state index in [2.05, 4.69) is 33.9 Å². The number of aromatic nitrogens is 3. The second kappa shape index (κ2) is 3.30. The van der Waals surface area contributed by atoms with Crippen LogP contribution in [0.25, 0.3) is 0 Å². The van der Waals surface area contributed by atoms with E-state index in [0.717, 1.165) is 24.8 Å². The van der Waals surface area contributed by atoms with Crippen LogP contribution in [0.2, 0.25) is 0 Å². The molecule has 1 aromatic rings. The Morgan fingerprint density at radius 2 is 2.13 bits per heavy atom. The molecule has 2 aliphatic rings. The quantitative estimate of drug-likeness (QED) is 0.796. The molecule has 1 aliphatic carbocycles. The van der Waals surface area contributed by atoms with E-state index in [4.69, 9.17) is 0 Å². The summed E-state index contributed by atoms with van der Waals surface area (Å²) in [7, 11) is 0.